The van der Waals surface area contributed by atoms with Crippen molar-refractivity contribution in [2.45, 2.75) is 20.4 Å². The fourth-order valence-corrected chi connectivity index (χ4v) is 2.37. The number of benzene rings is 2. The Kier molecular flexibility index (Phi) is 3.54. The summed E-state index contributed by atoms with van der Waals surface area (Å²) in [4.78, 5) is 0. The first kappa shape index (κ1) is 13.5. The maximum Gasteiger partial charge on any atom is 0.105 e. The molecule has 106 valence electrons. The number of aromatic nitrogens is 3. The molecule has 0 unspecified atom stereocenters. The van der Waals surface area contributed by atoms with Gasteiger partial charge >= 0.3 is 0 Å². The molecule has 1 aromatic heterocycles. The molecule has 0 aliphatic carbocycles. The monoisotopic (exact) mass is 278 g/mol. The molecule has 4 nitrogen and oxygen atoms in total. The fraction of sp³-hybridized carbons (Fsp3) is 0.176. The Morgan fingerprint density at radius 1 is 1.00 bits per heavy atom. The molecule has 0 amide bonds. The second kappa shape index (κ2) is 5.50. The maximum atomic E-state index is 5.82. The molecular formula is C17H18N4. The Bertz CT molecular complexity index is 760. The summed E-state index contributed by atoms with van der Waals surface area (Å²) in [7, 11) is 0. The molecule has 3 rings (SSSR count). The van der Waals surface area contributed by atoms with Crippen LogP contribution in [-0.4, -0.2) is 15.0 Å². The van der Waals surface area contributed by atoms with E-state index >= 15 is 0 Å². The van der Waals surface area contributed by atoms with Crippen molar-refractivity contribution < 1.29 is 0 Å². The van der Waals surface area contributed by atoms with Crippen molar-refractivity contribution in [3.05, 3.63) is 65.4 Å². The van der Waals surface area contributed by atoms with E-state index in [1.807, 2.05) is 22.9 Å². The van der Waals surface area contributed by atoms with Crippen LogP contribution in [0.1, 0.15) is 16.8 Å². The molecule has 0 spiro atoms. The summed E-state index contributed by atoms with van der Waals surface area (Å²) in [5.41, 5.74) is 12.2. The quantitative estimate of drug-likeness (QED) is 0.801. The number of rotatable bonds is 3. The van der Waals surface area contributed by atoms with Crippen LogP contribution >= 0.6 is 0 Å². The highest BCUT2D eigenvalue weighted by Crippen LogP contribution is 2.25. The van der Waals surface area contributed by atoms with Crippen LogP contribution in [0.4, 0.5) is 0 Å². The lowest BCUT2D eigenvalue weighted by Gasteiger charge is -2.09. The van der Waals surface area contributed by atoms with Crippen molar-refractivity contribution in [2.24, 2.45) is 5.73 Å². The highest BCUT2D eigenvalue weighted by Gasteiger charge is 2.15. The second-order valence-corrected chi connectivity index (χ2v) is 5.14. The van der Waals surface area contributed by atoms with Gasteiger partial charge in [-0.15, -0.1) is 5.10 Å². The Labute approximate surface area is 124 Å². The zero-order valence-electron chi connectivity index (χ0n) is 12.2. The summed E-state index contributed by atoms with van der Waals surface area (Å²) in [6, 6.07) is 16.4. The van der Waals surface area contributed by atoms with Crippen LogP contribution in [0.3, 0.4) is 0 Å². The van der Waals surface area contributed by atoms with Crippen LogP contribution in [0.25, 0.3) is 16.9 Å². The van der Waals surface area contributed by atoms with Crippen LogP contribution in [0, 0.1) is 13.8 Å². The first-order valence-electron chi connectivity index (χ1n) is 6.98. The standard InChI is InChI=1S/C17H18N4/c1-12-8-9-15(10-13(12)2)21-17(16(11-18)19-20-21)14-6-4-3-5-7-14/h3-10H,11,18H2,1-2H3. The van der Waals surface area contributed by atoms with Gasteiger partial charge < -0.3 is 5.73 Å². The van der Waals surface area contributed by atoms with Crippen molar-refractivity contribution in [1.29, 1.82) is 0 Å². The number of hydrogen-bond acceptors (Lipinski definition) is 3. The van der Waals surface area contributed by atoms with Crippen molar-refractivity contribution >= 4 is 0 Å². The van der Waals surface area contributed by atoms with E-state index in [1.165, 1.54) is 11.1 Å². The van der Waals surface area contributed by atoms with Crippen molar-refractivity contribution in [3.63, 3.8) is 0 Å². The minimum atomic E-state index is 0.370. The third-order valence-electron chi connectivity index (χ3n) is 3.72. The molecule has 0 saturated carbocycles. The van der Waals surface area contributed by atoms with E-state index in [0.29, 0.717) is 6.54 Å². The topological polar surface area (TPSA) is 56.7 Å². The summed E-state index contributed by atoms with van der Waals surface area (Å²) in [5, 5.41) is 8.52. The fourth-order valence-electron chi connectivity index (χ4n) is 2.37. The molecule has 3 aromatic rings. The van der Waals surface area contributed by atoms with Crippen molar-refractivity contribution in [1.82, 2.24) is 15.0 Å². The van der Waals surface area contributed by atoms with Gasteiger partial charge in [-0.25, -0.2) is 4.68 Å². The van der Waals surface area contributed by atoms with Gasteiger partial charge in [0.25, 0.3) is 0 Å². The van der Waals surface area contributed by atoms with Crippen LogP contribution in [0.15, 0.2) is 48.5 Å². The normalized spacial score (nSPS) is 10.8. The SMILES string of the molecule is Cc1ccc(-n2nnc(CN)c2-c2ccccc2)cc1C. The predicted molar refractivity (Wildman–Crippen MR) is 84.2 cm³/mol. The van der Waals surface area contributed by atoms with E-state index in [4.69, 9.17) is 5.73 Å². The Morgan fingerprint density at radius 2 is 1.76 bits per heavy atom. The molecule has 21 heavy (non-hydrogen) atoms. The Morgan fingerprint density at radius 3 is 2.43 bits per heavy atom. The lowest BCUT2D eigenvalue weighted by Crippen LogP contribution is -2.03. The molecule has 0 fully saturated rings. The van der Waals surface area contributed by atoms with Gasteiger partial charge in [-0.3, -0.25) is 0 Å². The highest BCUT2D eigenvalue weighted by molar-refractivity contribution is 5.64. The Balaban J connectivity index is 2.20. The van der Waals surface area contributed by atoms with E-state index in [1.54, 1.807) is 0 Å². The van der Waals surface area contributed by atoms with Gasteiger partial charge in [-0.1, -0.05) is 41.6 Å². The van der Waals surface area contributed by atoms with Crippen LogP contribution in [-0.2, 0) is 6.54 Å². The van der Waals surface area contributed by atoms with Crippen molar-refractivity contribution in [2.75, 3.05) is 0 Å². The van der Waals surface area contributed by atoms with Gasteiger partial charge in [0.2, 0.25) is 0 Å². The van der Waals surface area contributed by atoms with E-state index in [2.05, 4.69) is 54.5 Å². The van der Waals surface area contributed by atoms with Gasteiger partial charge in [-0.05, 0) is 37.1 Å². The molecule has 0 aliphatic rings. The van der Waals surface area contributed by atoms with Crippen molar-refractivity contribution in [3.8, 4) is 16.9 Å². The first-order valence-corrected chi connectivity index (χ1v) is 6.98. The molecule has 0 aliphatic heterocycles. The summed E-state index contributed by atoms with van der Waals surface area (Å²) in [5.74, 6) is 0. The largest absolute Gasteiger partial charge is 0.325 e. The van der Waals surface area contributed by atoms with Crippen LogP contribution in [0.5, 0.6) is 0 Å². The molecule has 4 heteroatoms. The van der Waals surface area contributed by atoms with E-state index in [-0.39, 0.29) is 0 Å². The third kappa shape index (κ3) is 2.45. The number of aryl methyl sites for hydroxylation is 2. The highest BCUT2D eigenvalue weighted by atomic mass is 15.4. The summed E-state index contributed by atoms with van der Waals surface area (Å²) in [6.45, 7) is 4.57. The van der Waals surface area contributed by atoms with Crippen LogP contribution in [0.2, 0.25) is 0 Å². The average Bonchev–Trinajstić information content (AvgIpc) is 2.95. The molecular weight excluding hydrogens is 260 g/mol. The summed E-state index contributed by atoms with van der Waals surface area (Å²) in [6.07, 6.45) is 0. The zero-order chi connectivity index (χ0) is 14.8. The maximum absolute atomic E-state index is 5.82. The van der Waals surface area contributed by atoms with Gasteiger partial charge in [0, 0.05) is 12.1 Å². The second-order valence-electron chi connectivity index (χ2n) is 5.14. The molecule has 0 saturated heterocycles. The molecule has 2 aromatic carbocycles. The average molecular weight is 278 g/mol. The lowest BCUT2D eigenvalue weighted by atomic mass is 10.1. The van der Waals surface area contributed by atoms with Crippen LogP contribution < -0.4 is 5.73 Å². The molecule has 0 atom stereocenters. The first-order chi connectivity index (χ1) is 10.2. The van der Waals surface area contributed by atoms with E-state index in [0.717, 1.165) is 22.6 Å². The molecule has 2 N–H and O–H groups in total. The zero-order valence-corrected chi connectivity index (χ0v) is 12.2. The lowest BCUT2D eigenvalue weighted by molar-refractivity contribution is 0.799. The van der Waals surface area contributed by atoms with Gasteiger partial charge in [0.15, 0.2) is 0 Å². The molecule has 0 radical (unpaired) electrons. The van der Waals surface area contributed by atoms with E-state index < -0.39 is 0 Å². The minimum Gasteiger partial charge on any atom is -0.325 e. The minimum absolute atomic E-state index is 0.370. The number of nitrogens with zero attached hydrogens (tertiary/aromatic N) is 3. The van der Waals surface area contributed by atoms with E-state index in [9.17, 15) is 0 Å². The molecule has 1 heterocycles. The summed E-state index contributed by atoms with van der Waals surface area (Å²) < 4.78 is 1.87. The van der Waals surface area contributed by atoms with Gasteiger partial charge in [0.05, 0.1) is 11.4 Å². The number of nitrogens with two attached hydrogens (primary N) is 1. The predicted octanol–water partition coefficient (Wildman–Crippen LogP) is 3.01. The molecule has 0 bridgehead atoms. The van der Waals surface area contributed by atoms with Gasteiger partial charge in [0.1, 0.15) is 5.69 Å². The number of hydrogen-bond donors (Lipinski definition) is 1. The van der Waals surface area contributed by atoms with Gasteiger partial charge in [-0.2, -0.15) is 0 Å². The summed E-state index contributed by atoms with van der Waals surface area (Å²) >= 11 is 0. The third-order valence-corrected chi connectivity index (χ3v) is 3.72. The smallest absolute Gasteiger partial charge is 0.105 e. The Hall–Kier alpha value is -2.46.